The largest absolute Gasteiger partial charge is 0.345 e. The van der Waals surface area contributed by atoms with Gasteiger partial charge in [-0.15, -0.1) is 11.3 Å². The summed E-state index contributed by atoms with van der Waals surface area (Å²) >= 11 is 1.75. The molecule has 102 valence electrons. The van der Waals surface area contributed by atoms with Crippen LogP contribution in [0.1, 0.15) is 19.4 Å². The van der Waals surface area contributed by atoms with Gasteiger partial charge >= 0.3 is 0 Å². The molecule has 2 aromatic rings. The molecule has 0 saturated heterocycles. The van der Waals surface area contributed by atoms with Crippen molar-refractivity contribution in [2.75, 3.05) is 13.6 Å². The maximum Gasteiger partial charge on any atom is 0.239 e. The van der Waals surface area contributed by atoms with E-state index in [4.69, 9.17) is 0 Å². The number of nitrogens with one attached hydrogen (secondary N) is 1. The zero-order valence-corrected chi connectivity index (χ0v) is 12.5. The maximum atomic E-state index is 12.0. The lowest BCUT2D eigenvalue weighted by atomic mass is 10.1. The molecule has 0 aliphatic rings. The Morgan fingerprint density at radius 2 is 2.16 bits per heavy atom. The van der Waals surface area contributed by atoms with E-state index in [1.807, 2.05) is 20.9 Å². The molecule has 0 spiro atoms. The summed E-state index contributed by atoms with van der Waals surface area (Å²) in [5.41, 5.74) is 1.26. The first kappa shape index (κ1) is 14.0. The molecule has 0 aliphatic heterocycles. The fourth-order valence-corrected chi connectivity index (χ4v) is 2.97. The first-order chi connectivity index (χ1) is 9.13. The van der Waals surface area contributed by atoms with Crippen molar-refractivity contribution in [1.82, 2.24) is 10.2 Å². The van der Waals surface area contributed by atoms with Crippen LogP contribution in [-0.4, -0.2) is 30.4 Å². The molecule has 1 unspecified atom stereocenters. The van der Waals surface area contributed by atoms with Gasteiger partial charge in [-0.1, -0.05) is 18.2 Å². The van der Waals surface area contributed by atoms with Crippen molar-refractivity contribution >= 4 is 27.3 Å². The van der Waals surface area contributed by atoms with E-state index in [1.165, 1.54) is 15.6 Å². The third kappa shape index (κ3) is 3.14. The Bertz CT molecular complexity index is 564. The second-order valence-electron chi connectivity index (χ2n) is 4.71. The molecule has 1 N–H and O–H groups in total. The summed E-state index contributed by atoms with van der Waals surface area (Å²) in [6.45, 7) is 5.38. The summed E-state index contributed by atoms with van der Waals surface area (Å²) < 4.78 is 1.30. The Labute approximate surface area is 118 Å². The van der Waals surface area contributed by atoms with Crippen molar-refractivity contribution in [2.45, 2.75) is 26.4 Å². The lowest BCUT2D eigenvalue weighted by Crippen LogP contribution is -2.42. The molecule has 19 heavy (non-hydrogen) atoms. The zero-order valence-electron chi connectivity index (χ0n) is 11.6. The standard InChI is InChI=1S/C15H20N2OS/c1-4-17(3)15(18)11(2)16-9-12-10-19-14-8-6-5-7-13(12)14/h5-8,10-11,16H,4,9H2,1-3H3. The van der Waals surface area contributed by atoms with Gasteiger partial charge in [0.25, 0.3) is 0 Å². The normalized spacial score (nSPS) is 12.6. The molecule has 1 aromatic heterocycles. The van der Waals surface area contributed by atoms with Crippen LogP contribution in [0.5, 0.6) is 0 Å². The number of rotatable bonds is 5. The fraction of sp³-hybridized carbons (Fsp3) is 0.400. The van der Waals surface area contributed by atoms with Crippen molar-refractivity contribution in [3.05, 3.63) is 35.2 Å². The Morgan fingerprint density at radius 1 is 1.42 bits per heavy atom. The quantitative estimate of drug-likeness (QED) is 0.910. The predicted molar refractivity (Wildman–Crippen MR) is 81.4 cm³/mol. The predicted octanol–water partition coefficient (Wildman–Crippen LogP) is 2.86. The summed E-state index contributed by atoms with van der Waals surface area (Å²) in [6, 6.07) is 8.22. The molecule has 0 saturated carbocycles. The van der Waals surface area contributed by atoms with E-state index in [-0.39, 0.29) is 11.9 Å². The number of nitrogens with zero attached hydrogens (tertiary/aromatic N) is 1. The molecule has 1 heterocycles. The minimum absolute atomic E-state index is 0.141. The van der Waals surface area contributed by atoms with Gasteiger partial charge in [0, 0.05) is 24.8 Å². The van der Waals surface area contributed by atoms with Gasteiger partial charge in [-0.25, -0.2) is 0 Å². The molecule has 4 heteroatoms. The molecule has 1 amide bonds. The van der Waals surface area contributed by atoms with E-state index in [0.29, 0.717) is 0 Å². The molecule has 1 atom stereocenters. The van der Waals surface area contributed by atoms with E-state index >= 15 is 0 Å². The third-order valence-corrected chi connectivity index (χ3v) is 4.39. The number of hydrogen-bond acceptors (Lipinski definition) is 3. The van der Waals surface area contributed by atoms with Crippen LogP contribution in [0.15, 0.2) is 29.6 Å². The summed E-state index contributed by atoms with van der Waals surface area (Å²) in [6.07, 6.45) is 0. The van der Waals surface area contributed by atoms with Gasteiger partial charge in [-0.2, -0.15) is 0 Å². The van der Waals surface area contributed by atoms with Crippen LogP contribution in [0.3, 0.4) is 0 Å². The number of carbonyl (C=O) groups is 1. The summed E-state index contributed by atoms with van der Waals surface area (Å²) in [4.78, 5) is 13.7. The lowest BCUT2D eigenvalue weighted by Gasteiger charge is -2.20. The molecule has 0 aliphatic carbocycles. The Morgan fingerprint density at radius 3 is 2.89 bits per heavy atom. The Hall–Kier alpha value is -1.39. The van der Waals surface area contributed by atoms with E-state index in [1.54, 1.807) is 16.2 Å². The highest BCUT2D eigenvalue weighted by atomic mass is 32.1. The van der Waals surface area contributed by atoms with E-state index in [9.17, 15) is 4.79 Å². The second kappa shape index (κ2) is 6.17. The van der Waals surface area contributed by atoms with E-state index in [2.05, 4.69) is 35.0 Å². The Balaban J connectivity index is 2.01. The first-order valence-corrected chi connectivity index (χ1v) is 7.45. The van der Waals surface area contributed by atoms with Crippen LogP contribution in [-0.2, 0) is 11.3 Å². The number of hydrogen-bond donors (Lipinski definition) is 1. The van der Waals surface area contributed by atoms with Crippen molar-refractivity contribution in [3.8, 4) is 0 Å². The summed E-state index contributed by atoms with van der Waals surface area (Å²) in [5.74, 6) is 0.141. The molecule has 0 fully saturated rings. The molecule has 3 nitrogen and oxygen atoms in total. The molecule has 1 aromatic carbocycles. The number of benzene rings is 1. The summed E-state index contributed by atoms with van der Waals surface area (Å²) in [5, 5.41) is 6.75. The van der Waals surface area contributed by atoms with Gasteiger partial charge in [0.05, 0.1) is 6.04 Å². The smallest absolute Gasteiger partial charge is 0.239 e. The second-order valence-corrected chi connectivity index (χ2v) is 5.62. The van der Waals surface area contributed by atoms with Crippen LogP contribution in [0.25, 0.3) is 10.1 Å². The highest BCUT2D eigenvalue weighted by Gasteiger charge is 2.16. The molecular formula is C15H20N2OS. The zero-order chi connectivity index (χ0) is 13.8. The van der Waals surface area contributed by atoms with Crippen LogP contribution in [0.4, 0.5) is 0 Å². The SMILES string of the molecule is CCN(C)C(=O)C(C)NCc1csc2ccccc12. The first-order valence-electron chi connectivity index (χ1n) is 6.57. The van der Waals surface area contributed by atoms with Gasteiger partial charge in [0.15, 0.2) is 0 Å². The van der Waals surface area contributed by atoms with Crippen molar-refractivity contribution in [2.24, 2.45) is 0 Å². The minimum Gasteiger partial charge on any atom is -0.345 e. The molecule has 0 bridgehead atoms. The van der Waals surface area contributed by atoms with Gasteiger partial charge in [0.2, 0.25) is 5.91 Å². The monoisotopic (exact) mass is 276 g/mol. The minimum atomic E-state index is -0.149. The average molecular weight is 276 g/mol. The highest BCUT2D eigenvalue weighted by Crippen LogP contribution is 2.25. The number of thiophene rings is 1. The fourth-order valence-electron chi connectivity index (χ4n) is 2.01. The van der Waals surface area contributed by atoms with Gasteiger partial charge in [-0.05, 0) is 36.2 Å². The van der Waals surface area contributed by atoms with Crippen molar-refractivity contribution in [3.63, 3.8) is 0 Å². The van der Waals surface area contributed by atoms with Crippen LogP contribution >= 0.6 is 11.3 Å². The van der Waals surface area contributed by atoms with Gasteiger partial charge in [0.1, 0.15) is 0 Å². The topological polar surface area (TPSA) is 32.3 Å². The molecule has 2 rings (SSSR count). The number of amides is 1. The summed E-state index contributed by atoms with van der Waals surface area (Å²) in [7, 11) is 1.83. The van der Waals surface area contributed by atoms with Gasteiger partial charge < -0.3 is 10.2 Å². The Kier molecular flexibility index (Phi) is 4.56. The number of likely N-dealkylation sites (N-methyl/N-ethyl adjacent to an activating group) is 1. The van der Waals surface area contributed by atoms with Gasteiger partial charge in [-0.3, -0.25) is 4.79 Å². The van der Waals surface area contributed by atoms with Crippen molar-refractivity contribution < 1.29 is 4.79 Å². The highest BCUT2D eigenvalue weighted by molar-refractivity contribution is 7.17. The van der Waals surface area contributed by atoms with E-state index in [0.717, 1.165) is 13.1 Å². The number of carbonyl (C=O) groups excluding carboxylic acids is 1. The lowest BCUT2D eigenvalue weighted by molar-refractivity contribution is -0.131. The maximum absolute atomic E-state index is 12.0. The van der Waals surface area contributed by atoms with Crippen LogP contribution < -0.4 is 5.32 Å². The average Bonchev–Trinajstić information content (AvgIpc) is 2.86. The number of fused-ring (bicyclic) bond motifs is 1. The van der Waals surface area contributed by atoms with Crippen molar-refractivity contribution in [1.29, 1.82) is 0 Å². The van der Waals surface area contributed by atoms with Crippen LogP contribution in [0.2, 0.25) is 0 Å². The molecular weight excluding hydrogens is 256 g/mol. The van der Waals surface area contributed by atoms with E-state index < -0.39 is 0 Å². The van der Waals surface area contributed by atoms with Crippen LogP contribution in [0, 0.1) is 0 Å². The molecule has 0 radical (unpaired) electrons. The third-order valence-electron chi connectivity index (χ3n) is 3.38.